The summed E-state index contributed by atoms with van der Waals surface area (Å²) in [6.07, 6.45) is 8.75. The molecule has 3 fully saturated rings. The first kappa shape index (κ1) is 35.5. The van der Waals surface area contributed by atoms with Crippen molar-refractivity contribution in [1.29, 1.82) is 0 Å². The number of benzene rings is 1. The topological polar surface area (TPSA) is 203 Å². The highest BCUT2D eigenvalue weighted by Gasteiger charge is 2.62. The molecule has 1 saturated heterocycles. The predicted octanol–water partition coefficient (Wildman–Crippen LogP) is 2.47. The number of aryl methyl sites for hydroxylation is 1. The van der Waals surface area contributed by atoms with Crippen LogP contribution >= 0.6 is 0 Å². The van der Waals surface area contributed by atoms with Crippen molar-refractivity contribution in [2.75, 3.05) is 6.54 Å². The number of carbonyl (C=O) groups excluding carboxylic acids is 4. The maximum Gasteiger partial charge on any atom is 0.274 e. The second kappa shape index (κ2) is 14.2. The molecule has 2 aromatic heterocycles. The van der Waals surface area contributed by atoms with Crippen LogP contribution in [0.15, 0.2) is 47.2 Å². The first-order chi connectivity index (χ1) is 25.0. The van der Waals surface area contributed by atoms with E-state index in [2.05, 4.69) is 30.5 Å². The number of ether oxygens (including phenoxy) is 1. The Morgan fingerprint density at radius 1 is 1.12 bits per heavy atom. The van der Waals surface area contributed by atoms with Crippen LogP contribution < -0.4 is 20.1 Å². The molecule has 2 aliphatic carbocycles. The van der Waals surface area contributed by atoms with Crippen molar-refractivity contribution in [3.63, 3.8) is 0 Å². The minimum Gasteiger partial charge on any atom is -0.471 e. The number of halogens is 1. The van der Waals surface area contributed by atoms with Crippen molar-refractivity contribution in [2.24, 2.45) is 5.92 Å². The van der Waals surface area contributed by atoms with Crippen LogP contribution in [0, 0.1) is 11.7 Å². The van der Waals surface area contributed by atoms with Gasteiger partial charge >= 0.3 is 0 Å². The van der Waals surface area contributed by atoms with Crippen LogP contribution in [0.5, 0.6) is 5.88 Å². The lowest BCUT2D eigenvalue weighted by molar-refractivity contribution is -0.141. The molecule has 2 saturated carbocycles. The quantitative estimate of drug-likeness (QED) is 0.287. The van der Waals surface area contributed by atoms with Gasteiger partial charge in [-0.15, -0.1) is 0 Å². The third-order valence-corrected chi connectivity index (χ3v) is 11.9. The molecular formula is C35H40FN7O8S. The fourth-order valence-corrected chi connectivity index (χ4v) is 8.30. The molecule has 1 aromatic carbocycles. The lowest BCUT2D eigenvalue weighted by Gasteiger charge is -2.29. The predicted molar refractivity (Wildman–Crippen MR) is 182 cm³/mol. The number of nitrogens with one attached hydrogen (secondary N) is 3. The van der Waals surface area contributed by atoms with Crippen molar-refractivity contribution < 1.29 is 41.2 Å². The number of amides is 4. The Morgan fingerprint density at radius 2 is 1.94 bits per heavy atom. The van der Waals surface area contributed by atoms with E-state index in [4.69, 9.17) is 9.26 Å². The highest BCUT2D eigenvalue weighted by atomic mass is 32.2. The van der Waals surface area contributed by atoms with Gasteiger partial charge in [0, 0.05) is 24.5 Å². The van der Waals surface area contributed by atoms with Gasteiger partial charge in [-0.2, -0.15) is 0 Å². The van der Waals surface area contributed by atoms with E-state index in [1.165, 1.54) is 35.4 Å². The van der Waals surface area contributed by atoms with Crippen LogP contribution in [0.4, 0.5) is 4.39 Å². The number of sulfonamides is 1. The average Bonchev–Trinajstić information content (AvgIpc) is 3.98. The first-order valence-corrected chi connectivity index (χ1v) is 19.2. The Bertz CT molecular complexity index is 2020. The summed E-state index contributed by atoms with van der Waals surface area (Å²) >= 11 is 0. The highest BCUT2D eigenvalue weighted by Crippen LogP contribution is 2.46. The van der Waals surface area contributed by atoms with E-state index in [1.54, 1.807) is 0 Å². The lowest BCUT2D eigenvalue weighted by atomic mass is 10.0. The zero-order valence-corrected chi connectivity index (χ0v) is 29.4. The molecule has 0 spiro atoms. The number of allylic oxidation sites excluding steroid dienone is 1. The minimum absolute atomic E-state index is 0.0157. The van der Waals surface area contributed by atoms with E-state index in [-0.39, 0.29) is 42.9 Å². The molecule has 3 aromatic rings. The fraction of sp³-hybridized carbons (Fsp3) is 0.514. The van der Waals surface area contributed by atoms with Gasteiger partial charge in [0.1, 0.15) is 41.5 Å². The largest absolute Gasteiger partial charge is 0.471 e. The van der Waals surface area contributed by atoms with Crippen molar-refractivity contribution in [2.45, 2.75) is 100 Å². The summed E-state index contributed by atoms with van der Waals surface area (Å²) in [6.45, 7) is 1.77. The standard InChI is InChI=1S/C35H40FN7O8S/c1-2-24-32(39-28-16-21(36)10-13-25(28)37-24)51-22-17-29-31(45)40-35(34(47)42-52(48,49)23-11-12-23)18-20(35)8-6-4-3-5-7-9-27(33(46)43(29)19-22)38-30(44)26-14-15-50-41-26/h6,8,10,13-16,20,22-23,27,29H,2-5,7,9,11-12,17-19H2,1H3,(H,38,44)(H,40,45)(H,42,47)/b8-6-/t20-,22-,27?,29+,35-/m1/s1. The summed E-state index contributed by atoms with van der Waals surface area (Å²) in [5.41, 5.74) is -0.306. The van der Waals surface area contributed by atoms with Crippen LogP contribution in [0.3, 0.4) is 0 Å². The van der Waals surface area contributed by atoms with E-state index in [9.17, 15) is 32.0 Å². The molecule has 4 heterocycles. The Morgan fingerprint density at radius 3 is 2.69 bits per heavy atom. The van der Waals surface area contributed by atoms with Crippen LogP contribution in [0.1, 0.15) is 80.9 Å². The van der Waals surface area contributed by atoms with Gasteiger partial charge in [0.15, 0.2) is 5.69 Å². The number of nitrogens with zero attached hydrogens (tertiary/aromatic N) is 4. The summed E-state index contributed by atoms with van der Waals surface area (Å²) in [5.74, 6) is -3.48. The molecule has 1 unspecified atom stereocenters. The molecule has 0 radical (unpaired) electrons. The Kier molecular flexibility index (Phi) is 9.71. The van der Waals surface area contributed by atoms with E-state index in [1.807, 2.05) is 19.1 Å². The molecular weight excluding hydrogens is 697 g/mol. The van der Waals surface area contributed by atoms with Crippen molar-refractivity contribution >= 4 is 44.7 Å². The third kappa shape index (κ3) is 7.36. The molecule has 0 bridgehead atoms. The molecule has 2 aliphatic heterocycles. The van der Waals surface area contributed by atoms with Crippen LogP contribution in [-0.2, 0) is 30.8 Å². The fourth-order valence-electron chi connectivity index (χ4n) is 6.94. The van der Waals surface area contributed by atoms with Gasteiger partial charge in [-0.25, -0.2) is 22.8 Å². The molecule has 4 amide bonds. The summed E-state index contributed by atoms with van der Waals surface area (Å²) in [7, 11) is -3.91. The SMILES string of the molecule is CCc1nc2ccc(F)cc2nc1O[C@@H]1C[C@H]2C(=O)N[C@]3(C(=O)NS(=O)(=O)C4CC4)C[C@H]3/C=C\CCCCCC(NC(=O)c3ccon3)C(=O)N2C1. The van der Waals surface area contributed by atoms with Crippen LogP contribution in [0.2, 0.25) is 0 Å². The van der Waals surface area contributed by atoms with Crippen molar-refractivity contribution in [1.82, 2.24) is 35.4 Å². The first-order valence-electron chi connectivity index (χ1n) is 17.7. The van der Waals surface area contributed by atoms with Gasteiger partial charge in [0.25, 0.3) is 11.8 Å². The monoisotopic (exact) mass is 737 g/mol. The van der Waals surface area contributed by atoms with E-state index in [0.29, 0.717) is 43.3 Å². The summed E-state index contributed by atoms with van der Waals surface area (Å²) in [4.78, 5) is 65.9. The van der Waals surface area contributed by atoms with Gasteiger partial charge in [-0.05, 0) is 57.1 Å². The van der Waals surface area contributed by atoms with Gasteiger partial charge in [0.05, 0.1) is 22.8 Å². The molecule has 5 atom stereocenters. The smallest absolute Gasteiger partial charge is 0.274 e. The molecule has 3 N–H and O–H groups in total. The highest BCUT2D eigenvalue weighted by molar-refractivity contribution is 7.91. The number of hydrogen-bond acceptors (Lipinski definition) is 11. The van der Waals surface area contributed by atoms with Crippen LogP contribution in [0.25, 0.3) is 11.0 Å². The van der Waals surface area contributed by atoms with Crippen molar-refractivity contribution in [3.8, 4) is 5.88 Å². The average molecular weight is 738 g/mol. The van der Waals surface area contributed by atoms with Gasteiger partial charge < -0.3 is 24.8 Å². The number of carbonyl (C=O) groups is 4. The molecule has 4 aliphatic rings. The van der Waals surface area contributed by atoms with Gasteiger partial charge in [0.2, 0.25) is 27.7 Å². The number of rotatable bonds is 8. The second-order valence-electron chi connectivity index (χ2n) is 13.9. The van der Waals surface area contributed by atoms with Gasteiger partial charge in [-0.1, -0.05) is 37.1 Å². The summed E-state index contributed by atoms with van der Waals surface area (Å²) < 4.78 is 53.0. The Labute approximate surface area is 299 Å². The summed E-state index contributed by atoms with van der Waals surface area (Å²) in [5, 5.41) is 8.62. The normalized spacial score (nSPS) is 27.4. The Balaban J connectivity index is 1.20. The Hall–Kier alpha value is -4.93. The molecule has 7 rings (SSSR count). The zero-order chi connectivity index (χ0) is 36.6. The van der Waals surface area contributed by atoms with E-state index in [0.717, 1.165) is 12.8 Å². The minimum atomic E-state index is -3.91. The maximum atomic E-state index is 14.4. The number of fused-ring (bicyclic) bond motifs is 3. The maximum absolute atomic E-state index is 14.4. The lowest BCUT2D eigenvalue weighted by Crippen LogP contribution is -2.58. The molecule has 17 heteroatoms. The summed E-state index contributed by atoms with van der Waals surface area (Å²) in [6, 6.07) is 3.21. The number of hydrogen-bond donors (Lipinski definition) is 3. The molecule has 276 valence electrons. The van der Waals surface area contributed by atoms with Crippen LogP contribution in [-0.4, -0.2) is 87.6 Å². The molecule has 52 heavy (non-hydrogen) atoms. The van der Waals surface area contributed by atoms with Gasteiger partial charge in [-0.3, -0.25) is 23.9 Å². The second-order valence-corrected chi connectivity index (χ2v) is 15.8. The van der Waals surface area contributed by atoms with E-state index >= 15 is 0 Å². The third-order valence-electron chi connectivity index (χ3n) is 10.1. The van der Waals surface area contributed by atoms with E-state index < -0.39 is 74.4 Å². The zero-order valence-electron chi connectivity index (χ0n) is 28.5. The number of aromatic nitrogens is 3. The van der Waals surface area contributed by atoms with Crippen molar-refractivity contribution in [3.05, 3.63) is 59.9 Å². The molecule has 15 nitrogen and oxygen atoms in total.